The molecule has 2 aromatic carbocycles. The highest BCUT2D eigenvalue weighted by atomic mass is 32.5. The van der Waals surface area contributed by atoms with Gasteiger partial charge in [0.05, 0.1) is 18.8 Å². The van der Waals surface area contributed by atoms with Gasteiger partial charge in [-0.05, 0) is 36.3 Å². The molecule has 4 rings (SSSR count). The van der Waals surface area contributed by atoms with Crippen LogP contribution in [0.15, 0.2) is 48.5 Å². The smallest absolute Gasteiger partial charge is 0.324 e. The zero-order chi connectivity index (χ0) is 27.0. The first kappa shape index (κ1) is 28.1. The Labute approximate surface area is 227 Å². The zero-order valence-electron chi connectivity index (χ0n) is 21.3. The molecular weight excluding hydrogens is 525 g/mol. The number of amides is 2. The van der Waals surface area contributed by atoms with Crippen molar-refractivity contribution in [2.75, 3.05) is 25.2 Å². The molecular formula is C26H32N5O5PS. The Morgan fingerprint density at radius 1 is 1.03 bits per heavy atom. The van der Waals surface area contributed by atoms with Crippen LogP contribution in [0, 0.1) is 0 Å². The maximum Gasteiger partial charge on any atom is 0.324 e. The number of para-hydroxylation sites is 1. The molecule has 0 saturated heterocycles. The number of carbonyl (C=O) groups is 2. The second-order valence-electron chi connectivity index (χ2n) is 8.92. The minimum absolute atomic E-state index is 0.0952. The van der Waals surface area contributed by atoms with Crippen molar-refractivity contribution in [3.05, 3.63) is 54.1 Å². The van der Waals surface area contributed by atoms with Crippen molar-refractivity contribution in [2.45, 2.75) is 45.1 Å². The minimum Gasteiger partial charge on any atom is -0.356 e. The van der Waals surface area contributed by atoms with Crippen LogP contribution in [0.1, 0.15) is 44.1 Å². The van der Waals surface area contributed by atoms with E-state index in [1.807, 2.05) is 48.5 Å². The summed E-state index contributed by atoms with van der Waals surface area (Å²) < 4.78 is 9.86. The molecule has 0 spiro atoms. The largest absolute Gasteiger partial charge is 0.356 e. The fourth-order valence-corrected chi connectivity index (χ4v) is 5.06. The van der Waals surface area contributed by atoms with Gasteiger partial charge in [0.25, 0.3) is 0 Å². The van der Waals surface area contributed by atoms with Crippen molar-refractivity contribution in [1.29, 1.82) is 0 Å². The molecule has 3 aromatic rings. The van der Waals surface area contributed by atoms with Gasteiger partial charge in [0.2, 0.25) is 11.8 Å². The maximum atomic E-state index is 13.4. The number of hydrogen-bond donors (Lipinski definition) is 3. The Balaban J connectivity index is 1.30. The molecule has 38 heavy (non-hydrogen) atoms. The fraction of sp³-hybridized carbons (Fsp3) is 0.385. The topological polar surface area (TPSA) is 130 Å². The van der Waals surface area contributed by atoms with Gasteiger partial charge in [0.1, 0.15) is 11.4 Å². The Kier molecular flexibility index (Phi) is 9.76. The molecule has 0 aliphatic carbocycles. The number of unbranched alkanes of at least 4 members (excludes halogenated alkanes) is 3. The number of hydrogen-bond acceptors (Lipinski definition) is 7. The van der Waals surface area contributed by atoms with E-state index in [-0.39, 0.29) is 24.7 Å². The Hall–Kier alpha value is -2.95. The van der Waals surface area contributed by atoms with Crippen molar-refractivity contribution in [2.24, 2.45) is 0 Å². The average molecular weight is 558 g/mol. The summed E-state index contributed by atoms with van der Waals surface area (Å²) in [5, 5.41) is 14.4. The molecule has 202 valence electrons. The standard InChI is InChI=1S/C26H32N5O5PS/c1-35-37(34,38)36-17-9-3-2-8-16-27-23(32)14-15-24(33)31-18-19-10-4-5-11-20(19)25-26(29-30-28-25)21-12-6-7-13-22(21)31/h4-7,10-13H,2-3,8-9,14-18H2,1H3,(H,27,32)(H,34,38)(H,28,29,30). The maximum absolute atomic E-state index is 13.4. The molecule has 1 aromatic heterocycles. The van der Waals surface area contributed by atoms with Gasteiger partial charge in [0.15, 0.2) is 0 Å². The van der Waals surface area contributed by atoms with Crippen molar-refractivity contribution in [3.8, 4) is 22.5 Å². The quantitative estimate of drug-likeness (QED) is 0.222. The summed E-state index contributed by atoms with van der Waals surface area (Å²) in [6, 6.07) is 15.5. The SMILES string of the molecule is COP(O)(=S)OCCCCCCNC(=O)CCC(=O)N1Cc2ccccc2-c2n[nH]nc2-c2ccccc21. The number of aromatic amines is 1. The summed E-state index contributed by atoms with van der Waals surface area (Å²) in [6.45, 7) is -1.83. The van der Waals surface area contributed by atoms with E-state index in [1.54, 1.807) is 4.90 Å². The highest BCUT2D eigenvalue weighted by Gasteiger charge is 2.27. The lowest BCUT2D eigenvalue weighted by Crippen LogP contribution is -2.33. The van der Waals surface area contributed by atoms with Crippen LogP contribution in [0.3, 0.4) is 0 Å². The van der Waals surface area contributed by atoms with Gasteiger partial charge in [0, 0.05) is 37.6 Å². The molecule has 0 bridgehead atoms. The molecule has 10 nitrogen and oxygen atoms in total. The summed E-state index contributed by atoms with van der Waals surface area (Å²) >= 11 is 4.78. The average Bonchev–Trinajstić information content (AvgIpc) is 3.40. The van der Waals surface area contributed by atoms with Crippen LogP contribution in [0.4, 0.5) is 5.69 Å². The molecule has 3 N–H and O–H groups in total. The normalized spacial score (nSPS) is 13.9. The van der Waals surface area contributed by atoms with Gasteiger partial charge in [-0.3, -0.25) is 9.59 Å². The van der Waals surface area contributed by atoms with Gasteiger partial charge in [-0.1, -0.05) is 55.3 Å². The van der Waals surface area contributed by atoms with Gasteiger partial charge < -0.3 is 24.2 Å². The van der Waals surface area contributed by atoms with E-state index in [0.717, 1.165) is 53.8 Å². The number of rotatable bonds is 12. The first-order valence-electron chi connectivity index (χ1n) is 12.6. The Bertz CT molecular complexity index is 1320. The van der Waals surface area contributed by atoms with Gasteiger partial charge >= 0.3 is 6.72 Å². The summed E-state index contributed by atoms with van der Waals surface area (Å²) in [6.07, 6.45) is 3.56. The van der Waals surface area contributed by atoms with E-state index in [4.69, 9.17) is 20.9 Å². The van der Waals surface area contributed by atoms with Crippen molar-refractivity contribution in [1.82, 2.24) is 20.7 Å². The predicted molar refractivity (Wildman–Crippen MR) is 149 cm³/mol. The monoisotopic (exact) mass is 557 g/mol. The van der Waals surface area contributed by atoms with Crippen molar-refractivity contribution < 1.29 is 23.5 Å². The number of nitrogens with one attached hydrogen (secondary N) is 2. The van der Waals surface area contributed by atoms with Crippen molar-refractivity contribution in [3.63, 3.8) is 0 Å². The number of anilines is 1. The summed E-state index contributed by atoms with van der Waals surface area (Å²) in [4.78, 5) is 37.1. The predicted octanol–water partition coefficient (Wildman–Crippen LogP) is 4.32. The molecule has 2 heterocycles. The first-order valence-corrected chi connectivity index (χ1v) is 15.2. The number of aromatic nitrogens is 3. The number of fused-ring (bicyclic) bond motifs is 5. The third-order valence-corrected chi connectivity index (χ3v) is 8.08. The second kappa shape index (κ2) is 13.2. The lowest BCUT2D eigenvalue weighted by atomic mass is 9.95. The third kappa shape index (κ3) is 7.12. The summed E-state index contributed by atoms with van der Waals surface area (Å²) in [5.74, 6) is -0.280. The van der Waals surface area contributed by atoms with Crippen LogP contribution >= 0.6 is 6.72 Å². The van der Waals surface area contributed by atoms with Crippen LogP contribution < -0.4 is 10.2 Å². The lowest BCUT2D eigenvalue weighted by Gasteiger charge is -2.28. The van der Waals surface area contributed by atoms with Crippen LogP contribution in [-0.2, 0) is 37.0 Å². The molecule has 2 amide bonds. The summed E-state index contributed by atoms with van der Waals surface area (Å²) in [5.41, 5.74) is 4.89. The van der Waals surface area contributed by atoms with E-state index >= 15 is 0 Å². The molecule has 1 atom stereocenters. The van der Waals surface area contributed by atoms with Gasteiger partial charge in [-0.15, -0.1) is 0 Å². The fourth-order valence-electron chi connectivity index (χ4n) is 4.37. The minimum atomic E-state index is -3.09. The van der Waals surface area contributed by atoms with E-state index in [1.165, 1.54) is 7.11 Å². The molecule has 1 unspecified atom stereocenters. The van der Waals surface area contributed by atoms with Crippen molar-refractivity contribution >= 4 is 36.0 Å². The van der Waals surface area contributed by atoms with Crippen LogP contribution in [0.2, 0.25) is 0 Å². The highest BCUT2D eigenvalue weighted by molar-refractivity contribution is 8.07. The van der Waals surface area contributed by atoms with E-state index in [9.17, 15) is 14.5 Å². The summed E-state index contributed by atoms with van der Waals surface area (Å²) in [7, 11) is 1.33. The van der Waals surface area contributed by atoms with Crippen LogP contribution in [0.5, 0.6) is 0 Å². The number of benzene rings is 2. The third-order valence-electron chi connectivity index (χ3n) is 6.34. The highest BCUT2D eigenvalue weighted by Crippen LogP contribution is 2.42. The lowest BCUT2D eigenvalue weighted by molar-refractivity contribution is -0.125. The second-order valence-corrected chi connectivity index (χ2v) is 11.9. The number of carbonyl (C=O) groups excluding carboxylic acids is 2. The number of H-pyrrole nitrogens is 1. The van der Waals surface area contributed by atoms with Crippen LogP contribution in [-0.4, -0.2) is 52.4 Å². The molecule has 1 aliphatic rings. The van der Waals surface area contributed by atoms with E-state index in [0.29, 0.717) is 25.4 Å². The molecule has 0 saturated carbocycles. The molecule has 12 heteroatoms. The van der Waals surface area contributed by atoms with Gasteiger partial charge in [-0.2, -0.15) is 15.4 Å². The molecule has 0 fully saturated rings. The Morgan fingerprint density at radius 2 is 1.71 bits per heavy atom. The van der Waals surface area contributed by atoms with Crippen LogP contribution in [0.25, 0.3) is 22.5 Å². The van der Waals surface area contributed by atoms with E-state index in [2.05, 4.69) is 20.7 Å². The zero-order valence-corrected chi connectivity index (χ0v) is 23.0. The Morgan fingerprint density at radius 3 is 2.50 bits per heavy atom. The van der Waals surface area contributed by atoms with Gasteiger partial charge in [-0.25, -0.2) is 0 Å². The first-order chi connectivity index (χ1) is 18.4. The molecule has 0 radical (unpaired) electrons. The van der Waals surface area contributed by atoms with E-state index < -0.39 is 6.72 Å². The number of nitrogens with zero attached hydrogens (tertiary/aromatic N) is 3. The molecule has 1 aliphatic heterocycles.